The van der Waals surface area contributed by atoms with Gasteiger partial charge in [-0.1, -0.05) is 15.9 Å². The first-order chi connectivity index (χ1) is 3.83. The SMILES string of the molecule is CN1CC(CBr)=CO1. The van der Waals surface area contributed by atoms with E-state index in [4.69, 9.17) is 4.84 Å². The Morgan fingerprint density at radius 3 is 3.00 bits per heavy atom. The molecule has 0 spiro atoms. The highest BCUT2D eigenvalue weighted by Gasteiger charge is 2.08. The molecule has 0 N–H and O–H groups in total. The second-order valence-electron chi connectivity index (χ2n) is 1.80. The van der Waals surface area contributed by atoms with E-state index in [0.717, 1.165) is 11.9 Å². The molecule has 0 saturated heterocycles. The Morgan fingerprint density at radius 1 is 2.00 bits per heavy atom. The van der Waals surface area contributed by atoms with Gasteiger partial charge in [0.1, 0.15) is 6.26 Å². The van der Waals surface area contributed by atoms with Crippen LogP contribution in [-0.4, -0.2) is 24.0 Å². The average molecular weight is 178 g/mol. The Bertz CT molecular complexity index is 113. The van der Waals surface area contributed by atoms with E-state index in [2.05, 4.69) is 15.9 Å². The summed E-state index contributed by atoms with van der Waals surface area (Å²) in [6.45, 7) is 0.922. The molecule has 0 saturated carbocycles. The maximum atomic E-state index is 5.00. The van der Waals surface area contributed by atoms with Gasteiger partial charge in [-0.15, -0.1) is 5.06 Å². The fourth-order valence-electron chi connectivity index (χ4n) is 0.599. The molecule has 1 aliphatic rings. The lowest BCUT2D eigenvalue weighted by atomic mass is 10.3. The molecule has 1 rings (SSSR count). The van der Waals surface area contributed by atoms with Crippen molar-refractivity contribution in [2.75, 3.05) is 18.9 Å². The molecular formula is C5H8BrNO. The van der Waals surface area contributed by atoms with E-state index < -0.39 is 0 Å². The van der Waals surface area contributed by atoms with Crippen molar-refractivity contribution in [1.82, 2.24) is 5.06 Å². The van der Waals surface area contributed by atoms with Crippen molar-refractivity contribution in [3.05, 3.63) is 11.8 Å². The summed E-state index contributed by atoms with van der Waals surface area (Å²) >= 11 is 3.33. The molecule has 3 heteroatoms. The molecule has 0 aromatic heterocycles. The van der Waals surface area contributed by atoms with Gasteiger partial charge in [0.15, 0.2) is 0 Å². The van der Waals surface area contributed by atoms with Crippen LogP contribution >= 0.6 is 15.9 Å². The minimum Gasteiger partial charge on any atom is -0.414 e. The summed E-state index contributed by atoms with van der Waals surface area (Å²) in [4.78, 5) is 5.00. The van der Waals surface area contributed by atoms with Gasteiger partial charge in [-0.25, -0.2) is 0 Å². The highest BCUT2D eigenvalue weighted by atomic mass is 79.9. The first-order valence-corrected chi connectivity index (χ1v) is 3.57. The third-order valence-corrected chi connectivity index (χ3v) is 1.72. The molecule has 1 heterocycles. The third kappa shape index (κ3) is 1.23. The first kappa shape index (κ1) is 6.11. The lowest BCUT2D eigenvalue weighted by molar-refractivity contribution is -0.0495. The molecular weight excluding hydrogens is 170 g/mol. The lowest BCUT2D eigenvalue weighted by Gasteiger charge is -2.03. The van der Waals surface area contributed by atoms with Crippen LogP contribution in [0.1, 0.15) is 0 Å². The summed E-state index contributed by atoms with van der Waals surface area (Å²) < 4.78 is 0. The van der Waals surface area contributed by atoms with Crippen LogP contribution in [0, 0.1) is 0 Å². The van der Waals surface area contributed by atoms with Crippen LogP contribution in [0.2, 0.25) is 0 Å². The minimum atomic E-state index is 0.914. The largest absolute Gasteiger partial charge is 0.414 e. The number of rotatable bonds is 1. The van der Waals surface area contributed by atoms with Crippen molar-refractivity contribution in [1.29, 1.82) is 0 Å². The van der Waals surface area contributed by atoms with Crippen LogP contribution in [0.5, 0.6) is 0 Å². The van der Waals surface area contributed by atoms with Crippen LogP contribution in [0.25, 0.3) is 0 Å². The van der Waals surface area contributed by atoms with Crippen LogP contribution in [0.4, 0.5) is 0 Å². The summed E-state index contributed by atoms with van der Waals surface area (Å²) in [5.74, 6) is 0. The molecule has 8 heavy (non-hydrogen) atoms. The summed E-state index contributed by atoms with van der Waals surface area (Å²) in [5, 5.41) is 2.70. The number of likely N-dealkylation sites (N-methyl/N-ethyl adjacent to an activating group) is 1. The number of hydroxylamine groups is 2. The molecule has 0 atom stereocenters. The quantitative estimate of drug-likeness (QED) is 0.558. The van der Waals surface area contributed by atoms with E-state index in [1.165, 1.54) is 5.57 Å². The topological polar surface area (TPSA) is 12.5 Å². The zero-order valence-electron chi connectivity index (χ0n) is 4.72. The second-order valence-corrected chi connectivity index (χ2v) is 2.36. The Balaban J connectivity index is 2.37. The second kappa shape index (κ2) is 2.51. The maximum Gasteiger partial charge on any atom is 0.113 e. The summed E-state index contributed by atoms with van der Waals surface area (Å²) in [6, 6.07) is 0. The van der Waals surface area contributed by atoms with Crippen LogP contribution in [0.15, 0.2) is 11.8 Å². The Hall–Kier alpha value is -0.0200. The fraction of sp³-hybridized carbons (Fsp3) is 0.600. The van der Waals surface area contributed by atoms with Crippen molar-refractivity contribution in [2.45, 2.75) is 0 Å². The molecule has 1 aliphatic heterocycles. The molecule has 0 radical (unpaired) electrons. The van der Waals surface area contributed by atoms with Crippen molar-refractivity contribution >= 4 is 15.9 Å². The van der Waals surface area contributed by atoms with Gasteiger partial charge in [0.25, 0.3) is 0 Å². The van der Waals surface area contributed by atoms with Crippen molar-refractivity contribution in [2.24, 2.45) is 0 Å². The van der Waals surface area contributed by atoms with Crippen molar-refractivity contribution in [3.8, 4) is 0 Å². The van der Waals surface area contributed by atoms with Gasteiger partial charge in [0.2, 0.25) is 0 Å². The van der Waals surface area contributed by atoms with Crippen molar-refractivity contribution in [3.63, 3.8) is 0 Å². The fourth-order valence-corrected chi connectivity index (χ4v) is 0.908. The minimum absolute atomic E-state index is 0.914. The number of nitrogens with zero attached hydrogens (tertiary/aromatic N) is 1. The predicted octanol–water partition coefficient (Wildman–Crippen LogP) is 1.14. The van der Waals surface area contributed by atoms with Gasteiger partial charge >= 0.3 is 0 Å². The molecule has 2 nitrogen and oxygen atoms in total. The van der Waals surface area contributed by atoms with E-state index in [1.807, 2.05) is 7.05 Å². The molecule has 46 valence electrons. The van der Waals surface area contributed by atoms with Crippen LogP contribution < -0.4 is 0 Å². The van der Waals surface area contributed by atoms with Gasteiger partial charge in [-0.2, -0.15) is 0 Å². The average Bonchev–Trinajstić information content (AvgIpc) is 2.14. The highest BCUT2D eigenvalue weighted by molar-refractivity contribution is 9.09. The summed E-state index contributed by atoms with van der Waals surface area (Å²) in [6.07, 6.45) is 1.77. The van der Waals surface area contributed by atoms with Crippen LogP contribution in [0.3, 0.4) is 0 Å². The lowest BCUT2D eigenvalue weighted by Crippen LogP contribution is -2.12. The zero-order valence-corrected chi connectivity index (χ0v) is 6.31. The van der Waals surface area contributed by atoms with E-state index in [1.54, 1.807) is 11.3 Å². The van der Waals surface area contributed by atoms with Gasteiger partial charge in [0.05, 0.1) is 6.54 Å². The number of hydrogen-bond acceptors (Lipinski definition) is 2. The predicted molar refractivity (Wildman–Crippen MR) is 35.6 cm³/mol. The van der Waals surface area contributed by atoms with Gasteiger partial charge in [0, 0.05) is 12.4 Å². The number of alkyl halides is 1. The normalized spacial score (nSPS) is 20.5. The van der Waals surface area contributed by atoms with E-state index in [0.29, 0.717) is 0 Å². The Labute approximate surface area is 57.2 Å². The van der Waals surface area contributed by atoms with Crippen molar-refractivity contribution < 1.29 is 4.84 Å². The van der Waals surface area contributed by atoms with Gasteiger partial charge in [-0.05, 0) is 5.57 Å². The van der Waals surface area contributed by atoms with E-state index in [9.17, 15) is 0 Å². The van der Waals surface area contributed by atoms with E-state index >= 15 is 0 Å². The zero-order chi connectivity index (χ0) is 5.98. The molecule has 0 unspecified atom stereocenters. The van der Waals surface area contributed by atoms with Gasteiger partial charge < -0.3 is 4.84 Å². The maximum absolute atomic E-state index is 5.00. The Kier molecular flexibility index (Phi) is 1.91. The van der Waals surface area contributed by atoms with Gasteiger partial charge in [-0.3, -0.25) is 0 Å². The first-order valence-electron chi connectivity index (χ1n) is 2.44. The molecule has 0 amide bonds. The molecule has 0 aromatic carbocycles. The number of halogens is 1. The monoisotopic (exact) mass is 177 g/mol. The molecule has 0 fully saturated rings. The Morgan fingerprint density at radius 2 is 2.75 bits per heavy atom. The smallest absolute Gasteiger partial charge is 0.113 e. The summed E-state index contributed by atoms with van der Waals surface area (Å²) in [7, 11) is 1.91. The van der Waals surface area contributed by atoms with E-state index in [-0.39, 0.29) is 0 Å². The standard InChI is InChI=1S/C5H8BrNO/c1-7-3-5(2-6)4-8-7/h4H,2-3H2,1H3. The number of hydrogen-bond donors (Lipinski definition) is 0. The summed E-state index contributed by atoms with van der Waals surface area (Å²) in [5.41, 5.74) is 1.28. The molecule has 0 aromatic rings. The molecule has 0 bridgehead atoms. The highest BCUT2D eigenvalue weighted by Crippen LogP contribution is 2.09. The van der Waals surface area contributed by atoms with Crippen LogP contribution in [-0.2, 0) is 4.84 Å². The third-order valence-electron chi connectivity index (χ3n) is 0.997. The molecule has 0 aliphatic carbocycles.